The van der Waals surface area contributed by atoms with Gasteiger partial charge in [0.05, 0.1) is 0 Å². The summed E-state index contributed by atoms with van der Waals surface area (Å²) in [4.78, 5) is 12.7. The minimum atomic E-state index is 0.132. The molecule has 0 aliphatic heterocycles. The van der Waals surface area contributed by atoms with Gasteiger partial charge in [0, 0.05) is 30.9 Å². The van der Waals surface area contributed by atoms with Crippen molar-refractivity contribution in [2.45, 2.75) is 26.8 Å². The lowest BCUT2D eigenvalue weighted by molar-refractivity contribution is -0.121. The van der Waals surface area contributed by atoms with Crippen LogP contribution in [0.15, 0.2) is 17.5 Å². The maximum atomic E-state index is 11.4. The third-order valence-electron chi connectivity index (χ3n) is 2.12. The van der Waals surface area contributed by atoms with Crippen LogP contribution in [0.2, 0.25) is 0 Å². The second kappa shape index (κ2) is 7.41. The van der Waals surface area contributed by atoms with Crippen molar-refractivity contribution in [1.82, 2.24) is 10.6 Å². The summed E-state index contributed by atoms with van der Waals surface area (Å²) in [6, 6.07) is 4.13. The van der Waals surface area contributed by atoms with Gasteiger partial charge in [0.2, 0.25) is 5.91 Å². The summed E-state index contributed by atoms with van der Waals surface area (Å²) in [5, 5.41) is 8.22. The van der Waals surface area contributed by atoms with Crippen LogP contribution in [0.25, 0.3) is 0 Å². The van der Waals surface area contributed by atoms with Crippen molar-refractivity contribution in [3.8, 4) is 0 Å². The summed E-state index contributed by atoms with van der Waals surface area (Å²) >= 11 is 1.73. The Morgan fingerprint density at radius 2 is 2.31 bits per heavy atom. The molecule has 0 aromatic carbocycles. The van der Waals surface area contributed by atoms with Crippen molar-refractivity contribution < 1.29 is 4.79 Å². The van der Waals surface area contributed by atoms with Crippen molar-refractivity contribution in [2.24, 2.45) is 5.92 Å². The first-order chi connectivity index (χ1) is 7.68. The van der Waals surface area contributed by atoms with Crippen LogP contribution in [0.1, 0.15) is 25.1 Å². The highest BCUT2D eigenvalue weighted by Gasteiger charge is 2.01. The van der Waals surface area contributed by atoms with E-state index in [1.807, 2.05) is 6.07 Å². The first kappa shape index (κ1) is 13.2. The first-order valence-electron chi connectivity index (χ1n) is 5.68. The summed E-state index contributed by atoms with van der Waals surface area (Å²) < 4.78 is 0. The average Bonchev–Trinajstić information content (AvgIpc) is 2.74. The molecule has 0 aliphatic carbocycles. The molecule has 1 amide bonds. The molecule has 3 nitrogen and oxygen atoms in total. The second-order valence-corrected chi connectivity index (χ2v) is 5.24. The smallest absolute Gasteiger partial charge is 0.221 e. The molecule has 4 heteroatoms. The lowest BCUT2D eigenvalue weighted by Crippen LogP contribution is -2.30. The van der Waals surface area contributed by atoms with Gasteiger partial charge in [-0.15, -0.1) is 11.3 Å². The van der Waals surface area contributed by atoms with Crippen LogP contribution in [-0.2, 0) is 11.3 Å². The summed E-state index contributed by atoms with van der Waals surface area (Å²) in [5.74, 6) is 0.649. The molecule has 0 bridgehead atoms. The highest BCUT2D eigenvalue weighted by Crippen LogP contribution is 2.06. The minimum Gasteiger partial charge on any atom is -0.356 e. The van der Waals surface area contributed by atoms with Crippen molar-refractivity contribution in [1.29, 1.82) is 0 Å². The normalized spacial score (nSPS) is 10.7. The Bertz CT molecular complexity index is 296. The predicted molar refractivity (Wildman–Crippen MR) is 68.5 cm³/mol. The fourth-order valence-electron chi connectivity index (χ4n) is 1.23. The number of thiophene rings is 1. The molecule has 0 saturated carbocycles. The van der Waals surface area contributed by atoms with E-state index in [1.165, 1.54) is 4.88 Å². The van der Waals surface area contributed by atoms with Gasteiger partial charge in [-0.3, -0.25) is 4.79 Å². The fraction of sp³-hybridized carbons (Fsp3) is 0.583. The van der Waals surface area contributed by atoms with Crippen molar-refractivity contribution in [2.75, 3.05) is 13.1 Å². The second-order valence-electron chi connectivity index (χ2n) is 4.20. The number of rotatable bonds is 7. The molecule has 0 radical (unpaired) electrons. The molecule has 1 aromatic heterocycles. The Balaban J connectivity index is 2.00. The van der Waals surface area contributed by atoms with Gasteiger partial charge < -0.3 is 10.6 Å². The van der Waals surface area contributed by atoms with Crippen molar-refractivity contribution in [3.63, 3.8) is 0 Å². The molecule has 0 atom stereocenters. The van der Waals surface area contributed by atoms with E-state index in [1.54, 1.807) is 11.3 Å². The lowest BCUT2D eigenvalue weighted by atomic mass is 10.2. The molecular weight excluding hydrogens is 220 g/mol. The van der Waals surface area contributed by atoms with Crippen molar-refractivity contribution >= 4 is 17.2 Å². The molecule has 0 spiro atoms. The maximum Gasteiger partial charge on any atom is 0.221 e. The molecule has 1 heterocycles. The minimum absolute atomic E-state index is 0.132. The summed E-state index contributed by atoms with van der Waals surface area (Å²) in [6.45, 7) is 6.55. The largest absolute Gasteiger partial charge is 0.356 e. The number of carbonyl (C=O) groups excluding carboxylic acids is 1. The third-order valence-corrected chi connectivity index (χ3v) is 2.99. The molecule has 1 aromatic rings. The Hall–Kier alpha value is -0.870. The number of amides is 1. The predicted octanol–water partition coefficient (Wildman–Crippen LogP) is 2.00. The molecular formula is C12H20N2OS. The van der Waals surface area contributed by atoms with Gasteiger partial charge in [-0.1, -0.05) is 19.9 Å². The van der Waals surface area contributed by atoms with Crippen LogP contribution in [0.5, 0.6) is 0 Å². The van der Waals surface area contributed by atoms with E-state index in [2.05, 4.69) is 35.9 Å². The fourth-order valence-corrected chi connectivity index (χ4v) is 1.91. The SMILES string of the molecule is CC(C)CNC(=O)CCNCc1cccs1. The molecule has 0 saturated heterocycles. The molecule has 0 unspecified atom stereocenters. The average molecular weight is 240 g/mol. The number of nitrogens with one attached hydrogen (secondary N) is 2. The van der Waals surface area contributed by atoms with E-state index in [0.29, 0.717) is 12.3 Å². The van der Waals surface area contributed by atoms with Crippen LogP contribution in [0.4, 0.5) is 0 Å². The van der Waals surface area contributed by atoms with Crippen LogP contribution in [-0.4, -0.2) is 19.0 Å². The molecule has 2 N–H and O–H groups in total. The van der Waals surface area contributed by atoms with Crippen LogP contribution in [0, 0.1) is 5.92 Å². The van der Waals surface area contributed by atoms with Gasteiger partial charge in [-0.05, 0) is 17.4 Å². The topological polar surface area (TPSA) is 41.1 Å². The van der Waals surface area contributed by atoms with Crippen LogP contribution < -0.4 is 10.6 Å². The van der Waals surface area contributed by atoms with E-state index in [-0.39, 0.29) is 5.91 Å². The Labute approximate surface area is 101 Å². The molecule has 90 valence electrons. The van der Waals surface area contributed by atoms with Gasteiger partial charge in [0.1, 0.15) is 0 Å². The van der Waals surface area contributed by atoms with Crippen LogP contribution in [0.3, 0.4) is 0 Å². The van der Waals surface area contributed by atoms with Gasteiger partial charge in [0.15, 0.2) is 0 Å². The Kier molecular flexibility index (Phi) is 6.11. The van der Waals surface area contributed by atoms with E-state index < -0.39 is 0 Å². The molecule has 1 rings (SSSR count). The Morgan fingerprint density at radius 3 is 2.94 bits per heavy atom. The zero-order valence-electron chi connectivity index (χ0n) is 9.95. The quantitative estimate of drug-likeness (QED) is 0.716. The van der Waals surface area contributed by atoms with Gasteiger partial charge in [-0.25, -0.2) is 0 Å². The summed E-state index contributed by atoms with van der Waals surface area (Å²) in [6.07, 6.45) is 0.554. The zero-order chi connectivity index (χ0) is 11.8. The highest BCUT2D eigenvalue weighted by molar-refractivity contribution is 7.09. The molecule has 0 aliphatic rings. The van der Waals surface area contributed by atoms with E-state index in [0.717, 1.165) is 19.6 Å². The summed E-state index contributed by atoms with van der Waals surface area (Å²) in [7, 11) is 0. The first-order valence-corrected chi connectivity index (χ1v) is 6.56. The molecule has 16 heavy (non-hydrogen) atoms. The highest BCUT2D eigenvalue weighted by atomic mass is 32.1. The Morgan fingerprint density at radius 1 is 1.50 bits per heavy atom. The van der Waals surface area contributed by atoms with Gasteiger partial charge in [0.25, 0.3) is 0 Å². The van der Waals surface area contributed by atoms with E-state index in [9.17, 15) is 4.79 Å². The summed E-state index contributed by atoms with van der Waals surface area (Å²) in [5.41, 5.74) is 0. The lowest BCUT2D eigenvalue weighted by Gasteiger charge is -2.07. The van der Waals surface area contributed by atoms with E-state index >= 15 is 0 Å². The number of hydrogen-bond acceptors (Lipinski definition) is 3. The standard InChI is InChI=1S/C12H20N2OS/c1-10(2)8-14-12(15)5-6-13-9-11-4-3-7-16-11/h3-4,7,10,13H,5-6,8-9H2,1-2H3,(H,14,15). The van der Waals surface area contributed by atoms with Crippen LogP contribution >= 0.6 is 11.3 Å². The van der Waals surface area contributed by atoms with Gasteiger partial charge >= 0.3 is 0 Å². The van der Waals surface area contributed by atoms with E-state index in [4.69, 9.17) is 0 Å². The monoisotopic (exact) mass is 240 g/mol. The molecule has 0 fully saturated rings. The maximum absolute atomic E-state index is 11.4. The van der Waals surface area contributed by atoms with Gasteiger partial charge in [-0.2, -0.15) is 0 Å². The number of carbonyl (C=O) groups is 1. The third kappa shape index (κ3) is 5.88. The number of hydrogen-bond donors (Lipinski definition) is 2. The zero-order valence-corrected chi connectivity index (χ0v) is 10.8. The van der Waals surface area contributed by atoms with Crippen molar-refractivity contribution in [3.05, 3.63) is 22.4 Å².